The molecule has 0 spiro atoms. The van der Waals surface area contributed by atoms with Crippen LogP contribution in [0.25, 0.3) is 0 Å². The van der Waals surface area contributed by atoms with Gasteiger partial charge in [-0.3, -0.25) is 0 Å². The molecule has 0 unspecified atom stereocenters. The molecule has 0 radical (unpaired) electrons. The number of aliphatic hydroxyl groups excluding tert-OH is 1. The van der Waals surface area contributed by atoms with Crippen LogP contribution in [0.5, 0.6) is 0 Å². The van der Waals surface area contributed by atoms with Gasteiger partial charge in [0.2, 0.25) is 0 Å². The second kappa shape index (κ2) is 6.62. The van der Waals surface area contributed by atoms with E-state index in [4.69, 9.17) is 5.11 Å². The first-order chi connectivity index (χ1) is 5.22. The van der Waals surface area contributed by atoms with Crippen molar-refractivity contribution in [2.75, 3.05) is 19.7 Å². The van der Waals surface area contributed by atoms with Crippen LogP contribution in [-0.4, -0.2) is 35.7 Å². The Morgan fingerprint density at radius 2 is 1.91 bits per heavy atom. The predicted octanol–water partition coefficient (Wildman–Crippen LogP) is 1.49. The highest BCUT2D eigenvalue weighted by molar-refractivity contribution is 4.59. The molecule has 0 aliphatic heterocycles. The maximum atomic E-state index is 8.57. The fourth-order valence-electron chi connectivity index (χ4n) is 1.21. The topological polar surface area (TPSA) is 23.5 Å². The van der Waals surface area contributed by atoms with Crippen molar-refractivity contribution in [1.29, 1.82) is 0 Å². The molecular weight excluding hydrogens is 138 g/mol. The molecule has 68 valence electrons. The molecule has 0 amide bonds. The monoisotopic (exact) mass is 159 g/mol. The molecule has 0 saturated carbocycles. The van der Waals surface area contributed by atoms with E-state index in [0.29, 0.717) is 12.6 Å². The lowest BCUT2D eigenvalue weighted by Crippen LogP contribution is -2.31. The van der Waals surface area contributed by atoms with Crippen LogP contribution in [0.3, 0.4) is 0 Å². The molecule has 0 atom stereocenters. The Balaban J connectivity index is 3.36. The lowest BCUT2D eigenvalue weighted by atomic mass is 10.2. The summed E-state index contributed by atoms with van der Waals surface area (Å²) in [4.78, 5) is 2.41. The van der Waals surface area contributed by atoms with Gasteiger partial charge in [0.25, 0.3) is 0 Å². The van der Waals surface area contributed by atoms with Gasteiger partial charge in [-0.25, -0.2) is 0 Å². The van der Waals surface area contributed by atoms with Crippen molar-refractivity contribution in [2.45, 2.75) is 39.7 Å². The molecule has 11 heavy (non-hydrogen) atoms. The third-order valence-electron chi connectivity index (χ3n) is 1.99. The normalized spacial score (nSPS) is 11.5. The van der Waals surface area contributed by atoms with Crippen molar-refractivity contribution in [3.05, 3.63) is 0 Å². The highest BCUT2D eigenvalue weighted by Crippen LogP contribution is 2.00. The molecule has 0 aromatic carbocycles. The highest BCUT2D eigenvalue weighted by atomic mass is 16.2. The fourth-order valence-corrected chi connectivity index (χ4v) is 1.21. The van der Waals surface area contributed by atoms with E-state index in [9.17, 15) is 0 Å². The average Bonchev–Trinajstić information content (AvgIpc) is 1.97. The summed E-state index contributed by atoms with van der Waals surface area (Å²) in [5, 5.41) is 8.57. The van der Waals surface area contributed by atoms with Gasteiger partial charge in [-0.2, -0.15) is 0 Å². The van der Waals surface area contributed by atoms with Gasteiger partial charge in [0.15, 0.2) is 0 Å². The standard InChI is InChI=1S/C9H21NO/c1-4-10(9(2)3)7-5-6-8-11/h9,11H,4-8H2,1-3H3. The largest absolute Gasteiger partial charge is 0.396 e. The van der Waals surface area contributed by atoms with Gasteiger partial charge in [0, 0.05) is 12.6 Å². The lowest BCUT2D eigenvalue weighted by molar-refractivity contribution is 0.214. The van der Waals surface area contributed by atoms with E-state index in [0.717, 1.165) is 25.9 Å². The van der Waals surface area contributed by atoms with E-state index in [-0.39, 0.29) is 0 Å². The number of hydrogen-bond donors (Lipinski definition) is 1. The highest BCUT2D eigenvalue weighted by Gasteiger charge is 2.04. The zero-order valence-corrected chi connectivity index (χ0v) is 8.01. The third-order valence-corrected chi connectivity index (χ3v) is 1.99. The van der Waals surface area contributed by atoms with Crippen LogP contribution < -0.4 is 0 Å². The van der Waals surface area contributed by atoms with Crippen molar-refractivity contribution < 1.29 is 5.11 Å². The van der Waals surface area contributed by atoms with E-state index in [1.807, 2.05) is 0 Å². The summed E-state index contributed by atoms with van der Waals surface area (Å²) >= 11 is 0. The summed E-state index contributed by atoms with van der Waals surface area (Å²) in [6.45, 7) is 9.16. The Hall–Kier alpha value is -0.0800. The minimum atomic E-state index is 0.329. The number of unbranched alkanes of at least 4 members (excludes halogenated alkanes) is 1. The number of hydrogen-bond acceptors (Lipinski definition) is 2. The van der Waals surface area contributed by atoms with Crippen LogP contribution in [-0.2, 0) is 0 Å². The molecule has 0 aromatic heterocycles. The smallest absolute Gasteiger partial charge is 0.0431 e. The van der Waals surface area contributed by atoms with E-state index in [2.05, 4.69) is 25.7 Å². The van der Waals surface area contributed by atoms with Crippen molar-refractivity contribution in [2.24, 2.45) is 0 Å². The number of aliphatic hydroxyl groups is 1. The van der Waals surface area contributed by atoms with Crippen molar-refractivity contribution in [3.8, 4) is 0 Å². The minimum absolute atomic E-state index is 0.329. The molecule has 0 fully saturated rings. The molecule has 0 aliphatic carbocycles. The molecule has 0 bridgehead atoms. The SMILES string of the molecule is CCN(CCCCO)C(C)C. The van der Waals surface area contributed by atoms with Crippen LogP contribution >= 0.6 is 0 Å². The Labute approximate surface area is 70.2 Å². The number of nitrogens with zero attached hydrogens (tertiary/aromatic N) is 1. The quantitative estimate of drug-likeness (QED) is 0.593. The van der Waals surface area contributed by atoms with Gasteiger partial charge in [0.1, 0.15) is 0 Å². The molecule has 0 aromatic rings. The summed E-state index contributed by atoms with van der Waals surface area (Å²) in [7, 11) is 0. The Kier molecular flexibility index (Phi) is 6.57. The van der Waals surface area contributed by atoms with Gasteiger partial charge in [-0.05, 0) is 39.8 Å². The first kappa shape index (κ1) is 10.9. The van der Waals surface area contributed by atoms with E-state index >= 15 is 0 Å². The van der Waals surface area contributed by atoms with Crippen LogP contribution in [0.15, 0.2) is 0 Å². The summed E-state index contributed by atoms with van der Waals surface area (Å²) in [6, 6.07) is 0.638. The third kappa shape index (κ3) is 5.22. The van der Waals surface area contributed by atoms with Gasteiger partial charge in [0.05, 0.1) is 0 Å². The molecule has 2 heteroatoms. The van der Waals surface area contributed by atoms with Crippen molar-refractivity contribution in [1.82, 2.24) is 4.90 Å². The number of rotatable bonds is 6. The molecule has 0 saturated heterocycles. The molecule has 0 aliphatic rings. The molecule has 0 heterocycles. The Morgan fingerprint density at radius 3 is 2.27 bits per heavy atom. The summed E-state index contributed by atoms with van der Waals surface area (Å²) in [5.41, 5.74) is 0. The summed E-state index contributed by atoms with van der Waals surface area (Å²) in [5.74, 6) is 0. The minimum Gasteiger partial charge on any atom is -0.396 e. The van der Waals surface area contributed by atoms with Crippen molar-refractivity contribution in [3.63, 3.8) is 0 Å². The zero-order chi connectivity index (χ0) is 8.69. The maximum absolute atomic E-state index is 8.57. The van der Waals surface area contributed by atoms with E-state index in [1.165, 1.54) is 0 Å². The second-order valence-corrected chi connectivity index (χ2v) is 3.15. The van der Waals surface area contributed by atoms with Crippen LogP contribution in [0.4, 0.5) is 0 Å². The maximum Gasteiger partial charge on any atom is 0.0431 e. The first-order valence-electron chi connectivity index (χ1n) is 4.57. The van der Waals surface area contributed by atoms with Crippen molar-refractivity contribution >= 4 is 0 Å². The molecule has 1 N–H and O–H groups in total. The van der Waals surface area contributed by atoms with Gasteiger partial charge >= 0.3 is 0 Å². The van der Waals surface area contributed by atoms with Gasteiger partial charge in [-0.15, -0.1) is 0 Å². The molecule has 2 nitrogen and oxygen atoms in total. The van der Waals surface area contributed by atoms with Crippen LogP contribution in [0.2, 0.25) is 0 Å². The first-order valence-corrected chi connectivity index (χ1v) is 4.57. The molecule has 0 rings (SSSR count). The van der Waals surface area contributed by atoms with Crippen LogP contribution in [0.1, 0.15) is 33.6 Å². The van der Waals surface area contributed by atoms with Crippen LogP contribution in [0, 0.1) is 0 Å². The lowest BCUT2D eigenvalue weighted by Gasteiger charge is -2.24. The van der Waals surface area contributed by atoms with Gasteiger partial charge < -0.3 is 10.0 Å². The summed E-state index contributed by atoms with van der Waals surface area (Å²) in [6.07, 6.45) is 2.05. The molecular formula is C9H21NO. The second-order valence-electron chi connectivity index (χ2n) is 3.15. The Morgan fingerprint density at radius 1 is 1.27 bits per heavy atom. The zero-order valence-electron chi connectivity index (χ0n) is 8.01. The predicted molar refractivity (Wildman–Crippen MR) is 48.7 cm³/mol. The summed E-state index contributed by atoms with van der Waals surface area (Å²) < 4.78 is 0. The average molecular weight is 159 g/mol. The van der Waals surface area contributed by atoms with E-state index < -0.39 is 0 Å². The van der Waals surface area contributed by atoms with Gasteiger partial charge in [-0.1, -0.05) is 6.92 Å². The van der Waals surface area contributed by atoms with E-state index in [1.54, 1.807) is 0 Å². The fraction of sp³-hybridized carbons (Fsp3) is 1.00. The Bertz CT molecular complexity index is 83.6.